The van der Waals surface area contributed by atoms with Gasteiger partial charge in [-0.05, 0) is 42.5 Å². The lowest BCUT2D eigenvalue weighted by atomic mass is 10.1. The van der Waals surface area contributed by atoms with E-state index in [1.807, 2.05) is 29.1 Å². The zero-order valence-electron chi connectivity index (χ0n) is 15.0. The second kappa shape index (κ2) is 5.20. The van der Waals surface area contributed by atoms with Gasteiger partial charge in [0, 0.05) is 18.3 Å². The molecule has 1 aromatic carbocycles. The molecule has 7 nitrogen and oxygen atoms in total. The van der Waals surface area contributed by atoms with Gasteiger partial charge >= 0.3 is 0 Å². The number of aromatic nitrogens is 7. The van der Waals surface area contributed by atoms with Gasteiger partial charge in [-0.1, -0.05) is 26.0 Å². The Morgan fingerprint density at radius 3 is 2.69 bits per heavy atom. The Morgan fingerprint density at radius 1 is 1.12 bits per heavy atom. The van der Waals surface area contributed by atoms with Crippen LogP contribution in [-0.4, -0.2) is 34.3 Å². The molecule has 130 valence electrons. The first-order valence-electron chi connectivity index (χ1n) is 8.73. The summed E-state index contributed by atoms with van der Waals surface area (Å²) in [6, 6.07) is 10.0. The van der Waals surface area contributed by atoms with Crippen LogP contribution >= 0.6 is 0 Å². The summed E-state index contributed by atoms with van der Waals surface area (Å²) >= 11 is 0. The highest BCUT2D eigenvalue weighted by molar-refractivity contribution is 5.52. The van der Waals surface area contributed by atoms with Crippen LogP contribution in [0, 0.1) is 12.3 Å². The summed E-state index contributed by atoms with van der Waals surface area (Å²) in [5.74, 6) is 2.97. The van der Waals surface area contributed by atoms with Crippen LogP contribution in [0.3, 0.4) is 0 Å². The largest absolute Gasteiger partial charge is 0.252 e. The second-order valence-corrected chi connectivity index (χ2v) is 7.59. The molecule has 1 saturated carbocycles. The van der Waals surface area contributed by atoms with Crippen molar-refractivity contribution < 1.29 is 0 Å². The number of fused-ring (bicyclic) bond motifs is 1. The fraction of sp³-hybridized carbons (Fsp3) is 0.316. The Hall–Kier alpha value is -3.09. The van der Waals surface area contributed by atoms with E-state index in [4.69, 9.17) is 10.1 Å². The molecule has 0 saturated heterocycles. The minimum atomic E-state index is 0.254. The van der Waals surface area contributed by atoms with Crippen molar-refractivity contribution in [2.45, 2.75) is 33.1 Å². The maximum atomic E-state index is 4.83. The minimum Gasteiger partial charge on any atom is -0.220 e. The fourth-order valence-electron chi connectivity index (χ4n) is 3.30. The van der Waals surface area contributed by atoms with Crippen molar-refractivity contribution in [3.63, 3.8) is 0 Å². The van der Waals surface area contributed by atoms with Crippen molar-refractivity contribution >= 4 is 5.78 Å². The van der Waals surface area contributed by atoms with Crippen molar-refractivity contribution in [3.05, 3.63) is 54.1 Å². The van der Waals surface area contributed by atoms with Crippen molar-refractivity contribution in [3.8, 4) is 17.3 Å². The molecule has 3 heterocycles. The van der Waals surface area contributed by atoms with E-state index < -0.39 is 0 Å². The normalized spacial score (nSPS) is 18.3. The van der Waals surface area contributed by atoms with Gasteiger partial charge in [-0.25, -0.2) is 19.2 Å². The van der Waals surface area contributed by atoms with Crippen LogP contribution in [-0.2, 0) is 0 Å². The molecule has 0 radical (unpaired) electrons. The standard InChI is InChI=1S/C19H19N7/c1-12-6-4-7-13(10-12)26-17(21-15(24-26)14-11-19(14,2)3)16-22-18-20-8-5-9-25(18)23-16/h4-10,14H,11H2,1-3H3. The van der Waals surface area contributed by atoms with Gasteiger partial charge in [0.25, 0.3) is 5.78 Å². The molecular formula is C19H19N7. The fourth-order valence-corrected chi connectivity index (χ4v) is 3.30. The van der Waals surface area contributed by atoms with Gasteiger partial charge in [-0.2, -0.15) is 10.1 Å². The molecule has 1 aliphatic carbocycles. The summed E-state index contributed by atoms with van der Waals surface area (Å²) in [7, 11) is 0. The predicted molar refractivity (Wildman–Crippen MR) is 97.0 cm³/mol. The van der Waals surface area contributed by atoms with Crippen molar-refractivity contribution in [1.82, 2.24) is 34.3 Å². The molecule has 7 heteroatoms. The van der Waals surface area contributed by atoms with Crippen molar-refractivity contribution in [2.24, 2.45) is 5.41 Å². The lowest BCUT2D eigenvalue weighted by Crippen LogP contribution is -2.01. The summed E-state index contributed by atoms with van der Waals surface area (Å²) in [6.07, 6.45) is 4.64. The van der Waals surface area contributed by atoms with E-state index in [0.29, 0.717) is 23.3 Å². The average Bonchev–Trinajstić information content (AvgIpc) is 3.01. The molecule has 0 bridgehead atoms. The van der Waals surface area contributed by atoms with Gasteiger partial charge in [0.1, 0.15) is 0 Å². The van der Waals surface area contributed by atoms with E-state index in [1.54, 1.807) is 10.7 Å². The summed E-state index contributed by atoms with van der Waals surface area (Å²) in [6.45, 7) is 6.56. The van der Waals surface area contributed by atoms with Crippen LogP contribution in [0.15, 0.2) is 42.7 Å². The molecule has 4 aromatic rings. The third kappa shape index (κ3) is 2.39. The lowest BCUT2D eigenvalue weighted by Gasteiger charge is -2.04. The number of benzene rings is 1. The van der Waals surface area contributed by atoms with Gasteiger partial charge < -0.3 is 0 Å². The molecule has 1 fully saturated rings. The van der Waals surface area contributed by atoms with E-state index in [-0.39, 0.29) is 5.41 Å². The van der Waals surface area contributed by atoms with Gasteiger partial charge in [0.15, 0.2) is 5.82 Å². The first-order valence-corrected chi connectivity index (χ1v) is 8.73. The van der Waals surface area contributed by atoms with Gasteiger partial charge in [-0.15, -0.1) is 5.10 Å². The first kappa shape index (κ1) is 15.2. The lowest BCUT2D eigenvalue weighted by molar-refractivity contribution is 0.607. The molecule has 0 spiro atoms. The minimum absolute atomic E-state index is 0.254. The van der Waals surface area contributed by atoms with Crippen molar-refractivity contribution in [1.29, 1.82) is 0 Å². The third-order valence-corrected chi connectivity index (χ3v) is 5.01. The maximum absolute atomic E-state index is 4.83. The van der Waals surface area contributed by atoms with E-state index in [9.17, 15) is 0 Å². The Bertz CT molecular complexity index is 1090. The van der Waals surface area contributed by atoms with Crippen LogP contribution in [0.25, 0.3) is 23.1 Å². The molecule has 1 atom stereocenters. The van der Waals surface area contributed by atoms with Gasteiger partial charge in [-0.3, -0.25) is 0 Å². The Labute approximate surface area is 150 Å². The van der Waals surface area contributed by atoms with Crippen molar-refractivity contribution in [2.75, 3.05) is 0 Å². The molecule has 1 aliphatic rings. The van der Waals surface area contributed by atoms with Gasteiger partial charge in [0.05, 0.1) is 5.69 Å². The predicted octanol–water partition coefficient (Wildman–Crippen LogP) is 3.19. The smallest absolute Gasteiger partial charge is 0.220 e. The molecule has 5 rings (SSSR count). The Kier molecular flexibility index (Phi) is 3.04. The molecule has 1 unspecified atom stereocenters. The first-order chi connectivity index (χ1) is 12.5. The number of aryl methyl sites for hydroxylation is 1. The van der Waals surface area contributed by atoms with Crippen LogP contribution in [0.5, 0.6) is 0 Å². The highest BCUT2D eigenvalue weighted by Gasteiger charge is 2.49. The zero-order chi connectivity index (χ0) is 17.9. The van der Waals surface area contributed by atoms with Crippen LogP contribution in [0.4, 0.5) is 0 Å². The highest BCUT2D eigenvalue weighted by atomic mass is 15.4. The summed E-state index contributed by atoms with van der Waals surface area (Å²) in [5, 5.41) is 9.36. The van der Waals surface area contributed by atoms with Crippen LogP contribution in [0.1, 0.15) is 37.6 Å². The maximum Gasteiger partial charge on any atom is 0.252 e. The number of rotatable bonds is 3. The van der Waals surface area contributed by atoms with E-state index in [0.717, 1.165) is 17.9 Å². The summed E-state index contributed by atoms with van der Waals surface area (Å²) in [5.41, 5.74) is 2.38. The van der Waals surface area contributed by atoms with Crippen LogP contribution in [0.2, 0.25) is 0 Å². The van der Waals surface area contributed by atoms with E-state index in [1.165, 1.54) is 5.56 Å². The summed E-state index contributed by atoms with van der Waals surface area (Å²) < 4.78 is 3.51. The topological polar surface area (TPSA) is 73.8 Å². The number of nitrogens with zero attached hydrogens (tertiary/aromatic N) is 7. The molecule has 0 aliphatic heterocycles. The third-order valence-electron chi connectivity index (χ3n) is 5.01. The molecule has 3 aromatic heterocycles. The monoisotopic (exact) mass is 345 g/mol. The second-order valence-electron chi connectivity index (χ2n) is 7.59. The molecule has 0 amide bonds. The Morgan fingerprint density at radius 2 is 1.96 bits per heavy atom. The molecule has 26 heavy (non-hydrogen) atoms. The zero-order valence-corrected chi connectivity index (χ0v) is 15.0. The average molecular weight is 345 g/mol. The SMILES string of the molecule is Cc1cccc(-n2nc(C3CC3(C)C)nc2-c2nc3ncccn3n2)c1. The van der Waals surface area contributed by atoms with Crippen LogP contribution < -0.4 is 0 Å². The van der Waals surface area contributed by atoms with Gasteiger partial charge in [0.2, 0.25) is 11.6 Å². The van der Waals surface area contributed by atoms with E-state index in [2.05, 4.69) is 48.0 Å². The Balaban J connectivity index is 1.69. The molecule has 0 N–H and O–H groups in total. The number of hydrogen-bond donors (Lipinski definition) is 0. The molecular weight excluding hydrogens is 326 g/mol. The number of hydrogen-bond acceptors (Lipinski definition) is 5. The summed E-state index contributed by atoms with van der Waals surface area (Å²) in [4.78, 5) is 13.6. The quantitative estimate of drug-likeness (QED) is 0.570. The highest BCUT2D eigenvalue weighted by Crippen LogP contribution is 2.57. The van der Waals surface area contributed by atoms with E-state index >= 15 is 0 Å².